The standard InChI is InChI=1S/C17H27FN4O2S.C6H5F/c1-21(12-13-5-6-13)25(23,24)22-10-9-20-11-14(22)7-8-15-16(18)3-2-4-17(15)19;7-6-4-2-1-3-5-6/h2-4,13-14,20H,5-12,19H2,1H3;1-5H/t14-;/m0./s1. The molecule has 1 aliphatic carbocycles. The Labute approximate surface area is 189 Å². The van der Waals surface area contributed by atoms with E-state index in [-0.39, 0.29) is 17.7 Å². The van der Waals surface area contributed by atoms with Gasteiger partial charge in [0.2, 0.25) is 0 Å². The fourth-order valence-electron chi connectivity index (χ4n) is 3.79. The number of nitrogens with zero attached hydrogens (tertiary/aromatic N) is 2. The zero-order chi connectivity index (χ0) is 23.1. The molecule has 2 fully saturated rings. The lowest BCUT2D eigenvalue weighted by molar-refractivity contribution is 0.238. The molecule has 1 atom stereocenters. The summed E-state index contributed by atoms with van der Waals surface area (Å²) >= 11 is 0. The van der Waals surface area contributed by atoms with Crippen molar-refractivity contribution in [1.82, 2.24) is 13.9 Å². The monoisotopic (exact) mass is 466 g/mol. The van der Waals surface area contributed by atoms with Gasteiger partial charge in [-0.15, -0.1) is 0 Å². The van der Waals surface area contributed by atoms with Crippen LogP contribution in [0.5, 0.6) is 0 Å². The van der Waals surface area contributed by atoms with Gasteiger partial charge in [-0.3, -0.25) is 0 Å². The minimum absolute atomic E-state index is 0.178. The van der Waals surface area contributed by atoms with Gasteiger partial charge in [0, 0.05) is 50.5 Å². The van der Waals surface area contributed by atoms with E-state index in [1.807, 2.05) is 0 Å². The number of benzene rings is 2. The molecule has 0 radical (unpaired) electrons. The summed E-state index contributed by atoms with van der Waals surface area (Å²) in [5.74, 6) is -0.00844. The molecule has 0 bridgehead atoms. The molecule has 4 rings (SSSR count). The Kier molecular flexibility index (Phi) is 8.58. The van der Waals surface area contributed by atoms with Crippen LogP contribution in [-0.2, 0) is 16.6 Å². The smallest absolute Gasteiger partial charge is 0.282 e. The molecule has 1 saturated carbocycles. The Balaban J connectivity index is 0.000000352. The minimum Gasteiger partial charge on any atom is -0.398 e. The predicted molar refractivity (Wildman–Crippen MR) is 123 cm³/mol. The molecule has 1 heterocycles. The predicted octanol–water partition coefficient (Wildman–Crippen LogP) is 3.03. The Morgan fingerprint density at radius 3 is 2.44 bits per heavy atom. The molecule has 9 heteroatoms. The summed E-state index contributed by atoms with van der Waals surface area (Å²) < 4.78 is 54.8. The Bertz CT molecular complexity index is 951. The van der Waals surface area contributed by atoms with Gasteiger partial charge in [0.1, 0.15) is 11.6 Å². The highest BCUT2D eigenvalue weighted by atomic mass is 32.2. The molecule has 3 N–H and O–H groups in total. The largest absolute Gasteiger partial charge is 0.398 e. The van der Waals surface area contributed by atoms with Crippen LogP contribution >= 0.6 is 0 Å². The van der Waals surface area contributed by atoms with Gasteiger partial charge in [-0.1, -0.05) is 24.3 Å². The lowest BCUT2D eigenvalue weighted by Crippen LogP contribution is -2.57. The maximum Gasteiger partial charge on any atom is 0.282 e. The van der Waals surface area contributed by atoms with E-state index >= 15 is 0 Å². The van der Waals surface area contributed by atoms with E-state index in [0.717, 1.165) is 12.8 Å². The Hall–Kier alpha value is -2.07. The van der Waals surface area contributed by atoms with Crippen LogP contribution in [0.4, 0.5) is 14.5 Å². The van der Waals surface area contributed by atoms with Gasteiger partial charge >= 0.3 is 0 Å². The number of nitrogen functional groups attached to an aromatic ring is 1. The molecule has 0 aromatic heterocycles. The molecule has 1 aliphatic heterocycles. The lowest BCUT2D eigenvalue weighted by atomic mass is 10.0. The molecule has 2 aliphatic rings. The zero-order valence-corrected chi connectivity index (χ0v) is 19.2. The number of hydrogen-bond acceptors (Lipinski definition) is 4. The van der Waals surface area contributed by atoms with E-state index in [9.17, 15) is 17.2 Å². The van der Waals surface area contributed by atoms with Crippen molar-refractivity contribution in [2.24, 2.45) is 5.92 Å². The summed E-state index contributed by atoms with van der Waals surface area (Å²) in [5, 5.41) is 3.24. The molecule has 176 valence electrons. The maximum atomic E-state index is 14.0. The van der Waals surface area contributed by atoms with Crippen molar-refractivity contribution < 1.29 is 17.2 Å². The summed E-state index contributed by atoms with van der Waals surface area (Å²) in [6.45, 7) is 2.23. The van der Waals surface area contributed by atoms with Gasteiger partial charge < -0.3 is 11.1 Å². The zero-order valence-electron chi connectivity index (χ0n) is 18.4. The molecular weight excluding hydrogens is 434 g/mol. The quantitative estimate of drug-likeness (QED) is 0.615. The third-order valence-electron chi connectivity index (χ3n) is 5.81. The van der Waals surface area contributed by atoms with Gasteiger partial charge in [0.15, 0.2) is 0 Å². The summed E-state index contributed by atoms with van der Waals surface area (Å²) in [7, 11) is -1.83. The number of anilines is 1. The van der Waals surface area contributed by atoms with Gasteiger partial charge in [-0.2, -0.15) is 17.0 Å². The minimum atomic E-state index is -3.49. The summed E-state index contributed by atoms with van der Waals surface area (Å²) in [4.78, 5) is 0. The van der Waals surface area contributed by atoms with E-state index in [4.69, 9.17) is 5.73 Å². The number of hydrogen-bond donors (Lipinski definition) is 2. The van der Waals surface area contributed by atoms with Crippen molar-refractivity contribution in [3.63, 3.8) is 0 Å². The molecule has 1 saturated heterocycles. The van der Waals surface area contributed by atoms with Gasteiger partial charge in [-0.05, 0) is 55.9 Å². The highest BCUT2D eigenvalue weighted by Gasteiger charge is 2.37. The van der Waals surface area contributed by atoms with E-state index in [2.05, 4.69) is 5.32 Å². The molecule has 2 aromatic rings. The normalized spacial score (nSPS) is 19.4. The van der Waals surface area contributed by atoms with Crippen molar-refractivity contribution in [2.75, 3.05) is 39.0 Å². The van der Waals surface area contributed by atoms with Crippen LogP contribution in [0.2, 0.25) is 0 Å². The number of nitrogens with two attached hydrogens (primary N) is 1. The van der Waals surface area contributed by atoms with Gasteiger partial charge in [-0.25, -0.2) is 8.78 Å². The first-order chi connectivity index (χ1) is 15.3. The van der Waals surface area contributed by atoms with Crippen molar-refractivity contribution in [3.8, 4) is 0 Å². The second kappa shape index (κ2) is 11.2. The van der Waals surface area contributed by atoms with Crippen LogP contribution in [0.1, 0.15) is 24.8 Å². The van der Waals surface area contributed by atoms with Crippen molar-refractivity contribution >= 4 is 15.9 Å². The Morgan fingerprint density at radius 1 is 1.12 bits per heavy atom. The summed E-state index contributed by atoms with van der Waals surface area (Å²) in [6, 6.07) is 12.4. The maximum absolute atomic E-state index is 14.0. The molecule has 2 aromatic carbocycles. The SMILES string of the molecule is CN(CC1CC1)S(=O)(=O)N1CCNC[C@@H]1CCc1c(N)cccc1F.Fc1ccccc1. The average molecular weight is 467 g/mol. The highest BCUT2D eigenvalue weighted by molar-refractivity contribution is 7.86. The molecule has 0 unspecified atom stereocenters. The van der Waals surface area contributed by atoms with Crippen LogP contribution in [0.3, 0.4) is 0 Å². The first-order valence-electron chi connectivity index (χ1n) is 11.0. The van der Waals surface area contributed by atoms with Crippen LogP contribution < -0.4 is 11.1 Å². The van der Waals surface area contributed by atoms with Crippen LogP contribution in [0.25, 0.3) is 0 Å². The second-order valence-corrected chi connectivity index (χ2v) is 10.3. The van der Waals surface area contributed by atoms with E-state index < -0.39 is 10.2 Å². The molecule has 32 heavy (non-hydrogen) atoms. The Morgan fingerprint density at radius 2 is 1.84 bits per heavy atom. The highest BCUT2D eigenvalue weighted by Crippen LogP contribution is 2.31. The van der Waals surface area contributed by atoms with Crippen LogP contribution in [0.15, 0.2) is 48.5 Å². The van der Waals surface area contributed by atoms with Crippen molar-refractivity contribution in [2.45, 2.75) is 31.7 Å². The number of halogens is 2. The lowest BCUT2D eigenvalue weighted by Gasteiger charge is -2.37. The van der Waals surface area contributed by atoms with E-state index in [1.165, 1.54) is 22.5 Å². The van der Waals surface area contributed by atoms with Crippen LogP contribution in [-0.4, -0.2) is 56.3 Å². The molecule has 0 spiro atoms. The molecular formula is C23H32F2N4O2S. The fourth-order valence-corrected chi connectivity index (χ4v) is 5.43. The van der Waals surface area contributed by atoms with Crippen molar-refractivity contribution in [1.29, 1.82) is 0 Å². The van der Waals surface area contributed by atoms with Crippen molar-refractivity contribution in [3.05, 3.63) is 65.7 Å². The third kappa shape index (κ3) is 6.71. The number of nitrogens with one attached hydrogen (secondary N) is 1. The second-order valence-electron chi connectivity index (χ2n) is 8.34. The first-order valence-corrected chi connectivity index (χ1v) is 12.4. The van der Waals surface area contributed by atoms with Gasteiger partial charge in [0.05, 0.1) is 0 Å². The topological polar surface area (TPSA) is 78.7 Å². The van der Waals surface area contributed by atoms with E-state index in [1.54, 1.807) is 41.7 Å². The molecule has 6 nitrogen and oxygen atoms in total. The number of piperazine rings is 1. The van der Waals surface area contributed by atoms with Crippen LogP contribution in [0, 0.1) is 17.6 Å². The first kappa shape index (κ1) is 24.6. The fraction of sp³-hybridized carbons (Fsp3) is 0.478. The third-order valence-corrected chi connectivity index (χ3v) is 7.82. The molecule has 0 amide bonds. The summed E-state index contributed by atoms with van der Waals surface area (Å²) in [5.41, 5.74) is 6.76. The summed E-state index contributed by atoms with van der Waals surface area (Å²) in [6.07, 6.45) is 3.17. The van der Waals surface area contributed by atoms with E-state index in [0.29, 0.717) is 56.2 Å². The number of rotatable bonds is 7. The van der Waals surface area contributed by atoms with Gasteiger partial charge in [0.25, 0.3) is 10.2 Å². The average Bonchev–Trinajstić information content (AvgIpc) is 3.59.